The van der Waals surface area contributed by atoms with Crippen molar-refractivity contribution in [3.63, 3.8) is 0 Å². The average molecular weight is 250 g/mol. The van der Waals surface area contributed by atoms with Gasteiger partial charge in [0.25, 0.3) is 0 Å². The van der Waals surface area contributed by atoms with E-state index >= 15 is 0 Å². The monoisotopic (exact) mass is 250 g/mol. The Balaban J connectivity index is 2.26. The molecule has 1 aliphatic rings. The minimum Gasteiger partial charge on any atom is -0.394 e. The Kier molecular flexibility index (Phi) is 3.71. The number of aliphatic hydroxyl groups excluding tert-OH is 1. The van der Waals surface area contributed by atoms with Gasteiger partial charge >= 0.3 is 0 Å². The van der Waals surface area contributed by atoms with Gasteiger partial charge in [-0.3, -0.25) is 0 Å². The molecule has 5 heteroatoms. The largest absolute Gasteiger partial charge is 0.394 e. The summed E-state index contributed by atoms with van der Waals surface area (Å²) in [6.45, 7) is 6.93. The lowest BCUT2D eigenvalue weighted by atomic mass is 9.77. The molecule has 0 bridgehead atoms. The first-order valence-electron chi connectivity index (χ1n) is 6.58. The van der Waals surface area contributed by atoms with Crippen LogP contribution in [0.1, 0.15) is 37.6 Å². The summed E-state index contributed by atoms with van der Waals surface area (Å²) in [5.41, 5.74) is 0.844. The molecule has 0 aromatic carbocycles. The fraction of sp³-hybridized carbons (Fsp3) is 0.692. The molecule has 5 nitrogen and oxygen atoms in total. The molecule has 100 valence electrons. The van der Waals surface area contributed by atoms with Crippen LogP contribution in [-0.4, -0.2) is 33.8 Å². The topological polar surface area (TPSA) is 70.1 Å². The second kappa shape index (κ2) is 5.10. The van der Waals surface area contributed by atoms with Gasteiger partial charge < -0.3 is 15.7 Å². The minimum absolute atomic E-state index is 0.159. The first-order valence-corrected chi connectivity index (χ1v) is 6.58. The van der Waals surface area contributed by atoms with Crippen molar-refractivity contribution in [1.82, 2.24) is 9.97 Å². The van der Waals surface area contributed by atoms with Crippen LogP contribution in [-0.2, 0) is 0 Å². The maximum atomic E-state index is 9.51. The van der Waals surface area contributed by atoms with Crippen LogP contribution in [0, 0.1) is 13.8 Å². The Morgan fingerprint density at radius 1 is 1.22 bits per heavy atom. The van der Waals surface area contributed by atoms with Gasteiger partial charge in [-0.15, -0.1) is 0 Å². The lowest BCUT2D eigenvalue weighted by Gasteiger charge is -2.41. The third-order valence-electron chi connectivity index (χ3n) is 3.60. The third kappa shape index (κ3) is 2.41. The molecular formula is C13H22N4O. The van der Waals surface area contributed by atoms with Crippen molar-refractivity contribution in [2.75, 3.05) is 23.8 Å². The van der Waals surface area contributed by atoms with Crippen molar-refractivity contribution in [2.45, 2.75) is 45.6 Å². The van der Waals surface area contributed by atoms with Crippen molar-refractivity contribution in [3.8, 4) is 0 Å². The van der Waals surface area contributed by atoms with E-state index in [2.05, 4.69) is 20.6 Å². The first-order chi connectivity index (χ1) is 8.60. The molecule has 0 aliphatic heterocycles. The zero-order valence-electron chi connectivity index (χ0n) is 11.4. The molecule has 1 saturated carbocycles. The molecule has 1 aromatic heterocycles. The zero-order valence-corrected chi connectivity index (χ0v) is 11.4. The van der Waals surface area contributed by atoms with Gasteiger partial charge in [0.2, 0.25) is 0 Å². The van der Waals surface area contributed by atoms with Crippen LogP contribution in [0.5, 0.6) is 0 Å². The lowest BCUT2D eigenvalue weighted by molar-refractivity contribution is 0.143. The van der Waals surface area contributed by atoms with Gasteiger partial charge in [0, 0.05) is 12.1 Å². The molecule has 1 aliphatic carbocycles. The number of nitrogens with zero attached hydrogens (tertiary/aromatic N) is 2. The number of nitrogens with one attached hydrogen (secondary N) is 2. The van der Waals surface area contributed by atoms with Crippen LogP contribution >= 0.6 is 0 Å². The van der Waals surface area contributed by atoms with Crippen molar-refractivity contribution < 1.29 is 5.11 Å². The number of anilines is 2. The lowest BCUT2D eigenvalue weighted by Crippen LogP contribution is -2.48. The molecule has 0 amide bonds. The molecule has 0 spiro atoms. The maximum Gasteiger partial charge on any atom is 0.135 e. The van der Waals surface area contributed by atoms with E-state index < -0.39 is 0 Å². The second-order valence-corrected chi connectivity index (χ2v) is 5.04. The summed E-state index contributed by atoms with van der Waals surface area (Å²) >= 11 is 0. The summed E-state index contributed by atoms with van der Waals surface area (Å²) in [6, 6.07) is 0. The molecule has 18 heavy (non-hydrogen) atoms. The van der Waals surface area contributed by atoms with Crippen LogP contribution < -0.4 is 10.6 Å². The predicted octanol–water partition coefficient (Wildman–Crippen LogP) is 1.85. The van der Waals surface area contributed by atoms with Crippen molar-refractivity contribution in [1.29, 1.82) is 0 Å². The number of aliphatic hydroxyl groups is 1. The van der Waals surface area contributed by atoms with E-state index in [1.54, 1.807) is 0 Å². The van der Waals surface area contributed by atoms with Gasteiger partial charge in [0.05, 0.1) is 12.1 Å². The molecule has 0 unspecified atom stereocenters. The first kappa shape index (κ1) is 13.1. The van der Waals surface area contributed by atoms with Gasteiger partial charge in [-0.05, 0) is 40.0 Å². The quantitative estimate of drug-likeness (QED) is 0.744. The van der Waals surface area contributed by atoms with Crippen LogP contribution in [0.15, 0.2) is 0 Å². The number of hydrogen-bond acceptors (Lipinski definition) is 5. The fourth-order valence-electron chi connectivity index (χ4n) is 2.27. The van der Waals surface area contributed by atoms with Gasteiger partial charge in [0.15, 0.2) is 0 Å². The van der Waals surface area contributed by atoms with Gasteiger partial charge in [-0.1, -0.05) is 0 Å². The molecule has 0 saturated heterocycles. The van der Waals surface area contributed by atoms with Crippen LogP contribution in [0.2, 0.25) is 0 Å². The van der Waals surface area contributed by atoms with E-state index in [0.717, 1.165) is 48.8 Å². The molecule has 3 N–H and O–H groups in total. The van der Waals surface area contributed by atoms with Crippen LogP contribution in [0.3, 0.4) is 0 Å². The van der Waals surface area contributed by atoms with Crippen molar-refractivity contribution >= 4 is 11.6 Å². The number of aromatic nitrogens is 2. The van der Waals surface area contributed by atoms with Crippen molar-refractivity contribution in [3.05, 3.63) is 11.4 Å². The normalized spacial score (nSPS) is 17.1. The molecule has 0 radical (unpaired) electrons. The van der Waals surface area contributed by atoms with Gasteiger partial charge in [-0.2, -0.15) is 0 Å². The molecule has 1 heterocycles. The highest BCUT2D eigenvalue weighted by Crippen LogP contribution is 2.35. The van der Waals surface area contributed by atoms with E-state index in [-0.39, 0.29) is 12.1 Å². The van der Waals surface area contributed by atoms with E-state index in [1.807, 2.05) is 20.8 Å². The van der Waals surface area contributed by atoms with Gasteiger partial charge in [0.1, 0.15) is 17.5 Å². The summed E-state index contributed by atoms with van der Waals surface area (Å²) < 4.78 is 0. The third-order valence-corrected chi connectivity index (χ3v) is 3.60. The Morgan fingerprint density at radius 3 is 2.39 bits per heavy atom. The minimum atomic E-state index is -0.172. The summed E-state index contributed by atoms with van der Waals surface area (Å²) in [5, 5.41) is 16.2. The molecular weight excluding hydrogens is 228 g/mol. The second-order valence-electron chi connectivity index (χ2n) is 5.04. The van der Waals surface area contributed by atoms with Crippen molar-refractivity contribution in [2.24, 2.45) is 0 Å². The highest BCUT2D eigenvalue weighted by Gasteiger charge is 2.37. The van der Waals surface area contributed by atoms with Crippen LogP contribution in [0.4, 0.5) is 11.6 Å². The van der Waals surface area contributed by atoms with Gasteiger partial charge in [-0.25, -0.2) is 9.97 Å². The Hall–Kier alpha value is -1.36. The zero-order chi connectivity index (χ0) is 13.2. The van der Waals surface area contributed by atoms with Crippen LogP contribution in [0.25, 0.3) is 0 Å². The summed E-state index contributed by atoms with van der Waals surface area (Å²) in [5.74, 6) is 2.46. The Labute approximate surface area is 108 Å². The molecule has 1 aromatic rings. The highest BCUT2D eigenvalue weighted by atomic mass is 16.3. The summed E-state index contributed by atoms with van der Waals surface area (Å²) in [7, 11) is 0. The summed E-state index contributed by atoms with van der Waals surface area (Å²) in [6.07, 6.45) is 3.17. The number of hydrogen-bond donors (Lipinski definition) is 3. The number of rotatable bonds is 5. The average Bonchev–Trinajstić information content (AvgIpc) is 2.29. The smallest absolute Gasteiger partial charge is 0.135 e. The van der Waals surface area contributed by atoms with E-state index in [9.17, 15) is 5.11 Å². The summed E-state index contributed by atoms with van der Waals surface area (Å²) in [4.78, 5) is 8.86. The Bertz CT molecular complexity index is 424. The SMILES string of the molecule is CCNc1nc(C)nc(NC2(CO)CCC2)c1C. The number of aryl methyl sites for hydroxylation is 1. The molecule has 2 rings (SSSR count). The highest BCUT2D eigenvalue weighted by molar-refractivity contribution is 5.58. The molecule has 1 fully saturated rings. The van der Waals surface area contributed by atoms with E-state index in [4.69, 9.17) is 0 Å². The van der Waals surface area contributed by atoms with E-state index in [0.29, 0.717) is 0 Å². The standard InChI is InChI=1S/C13H22N4O/c1-4-14-11-9(2)12(16-10(3)15-11)17-13(8-18)6-5-7-13/h18H,4-8H2,1-3H3,(H2,14,15,16,17). The molecule has 0 atom stereocenters. The van der Waals surface area contributed by atoms with E-state index in [1.165, 1.54) is 0 Å². The maximum absolute atomic E-state index is 9.51. The predicted molar refractivity (Wildman–Crippen MR) is 73.0 cm³/mol. The fourth-order valence-corrected chi connectivity index (χ4v) is 2.27. The Morgan fingerprint density at radius 2 is 1.89 bits per heavy atom.